The van der Waals surface area contributed by atoms with Crippen molar-refractivity contribution in [2.24, 2.45) is 5.92 Å². The fraction of sp³-hybridized carbons (Fsp3) is 0.455. The van der Waals surface area contributed by atoms with Crippen molar-refractivity contribution in [2.45, 2.75) is 26.7 Å². The minimum absolute atomic E-state index is 0. The summed E-state index contributed by atoms with van der Waals surface area (Å²) < 4.78 is 0. The van der Waals surface area contributed by atoms with Crippen molar-refractivity contribution in [3.8, 4) is 0 Å². The molecule has 12 heavy (non-hydrogen) atoms. The second kappa shape index (κ2) is 6.35. The maximum atomic E-state index is 3.22. The van der Waals surface area contributed by atoms with E-state index in [4.69, 9.17) is 0 Å². The number of benzene rings is 1. The van der Waals surface area contributed by atoms with E-state index in [2.05, 4.69) is 32.0 Å². The Kier molecular flexibility index (Phi) is 6.25. The van der Waals surface area contributed by atoms with Gasteiger partial charge in [0.05, 0.1) is 0 Å². The van der Waals surface area contributed by atoms with Gasteiger partial charge in [-0.25, -0.2) is 0 Å². The van der Waals surface area contributed by atoms with Crippen molar-refractivity contribution in [3.63, 3.8) is 0 Å². The maximum absolute atomic E-state index is 3.22. The molecular weight excluding hydrogens is 139 g/mol. The van der Waals surface area contributed by atoms with Gasteiger partial charge in [0.2, 0.25) is 0 Å². The van der Waals surface area contributed by atoms with Crippen LogP contribution in [0.3, 0.4) is 0 Å². The first-order chi connectivity index (χ1) is 5.29. The van der Waals surface area contributed by atoms with Gasteiger partial charge in [-0.1, -0.05) is 20.3 Å². The van der Waals surface area contributed by atoms with E-state index in [0.717, 1.165) is 5.92 Å². The van der Waals surface area contributed by atoms with Crippen LogP contribution in [0.2, 0.25) is 0 Å². The van der Waals surface area contributed by atoms with Gasteiger partial charge in [-0.15, -0.1) is 0 Å². The molecule has 0 amide bonds. The molecule has 0 unspecified atom stereocenters. The molecule has 0 N–H and O–H groups in total. The second-order valence-electron chi connectivity index (χ2n) is 3.32. The van der Waals surface area contributed by atoms with Crippen molar-refractivity contribution in [2.75, 3.05) is 0 Å². The Labute approximate surface area is 87.6 Å². The molecule has 0 aromatic heterocycles. The van der Waals surface area contributed by atoms with Crippen molar-refractivity contribution in [3.05, 3.63) is 35.9 Å². The van der Waals surface area contributed by atoms with Crippen LogP contribution in [0, 0.1) is 12.0 Å². The SMILES string of the molecule is CC(C)CCc1[c-]cccc1.[Li+]. The summed E-state index contributed by atoms with van der Waals surface area (Å²) in [5, 5.41) is 0. The third-order valence-electron chi connectivity index (χ3n) is 1.76. The Morgan fingerprint density at radius 1 is 1.33 bits per heavy atom. The summed E-state index contributed by atoms with van der Waals surface area (Å²) in [4.78, 5) is 0. The van der Waals surface area contributed by atoms with Gasteiger partial charge in [0, 0.05) is 0 Å². The summed E-state index contributed by atoms with van der Waals surface area (Å²) in [7, 11) is 0. The van der Waals surface area contributed by atoms with Crippen LogP contribution >= 0.6 is 0 Å². The number of rotatable bonds is 3. The van der Waals surface area contributed by atoms with Crippen molar-refractivity contribution in [1.29, 1.82) is 0 Å². The molecule has 0 bridgehead atoms. The van der Waals surface area contributed by atoms with E-state index in [1.165, 1.54) is 18.4 Å². The summed E-state index contributed by atoms with van der Waals surface area (Å²) in [6, 6.07) is 11.4. The zero-order chi connectivity index (χ0) is 8.10. The molecule has 0 atom stereocenters. The molecule has 1 aromatic carbocycles. The Morgan fingerprint density at radius 2 is 2.08 bits per heavy atom. The zero-order valence-corrected chi connectivity index (χ0v) is 8.30. The van der Waals surface area contributed by atoms with Gasteiger partial charge in [-0.05, 0) is 12.3 Å². The van der Waals surface area contributed by atoms with Gasteiger partial charge in [-0.2, -0.15) is 35.9 Å². The molecule has 0 spiro atoms. The summed E-state index contributed by atoms with van der Waals surface area (Å²) in [5.41, 5.74) is 1.33. The first kappa shape index (κ1) is 11.8. The number of hydrogen-bond acceptors (Lipinski definition) is 0. The third kappa shape index (κ3) is 4.65. The summed E-state index contributed by atoms with van der Waals surface area (Å²) in [6.45, 7) is 4.51. The van der Waals surface area contributed by atoms with E-state index in [9.17, 15) is 0 Å². The second-order valence-corrected chi connectivity index (χ2v) is 3.32. The molecular formula is C11H15Li. The minimum Gasteiger partial charge on any atom is -0.180 e. The molecule has 0 aliphatic heterocycles. The van der Waals surface area contributed by atoms with Gasteiger partial charge in [-0.3, -0.25) is 0 Å². The number of hydrogen-bond donors (Lipinski definition) is 0. The standard InChI is InChI=1S/C11H15.Li/c1-10(2)8-9-11-6-4-3-5-7-11;/h3-6,10H,8-9H2,1-2H3;/q-1;+1. The van der Waals surface area contributed by atoms with E-state index in [-0.39, 0.29) is 18.9 Å². The summed E-state index contributed by atoms with van der Waals surface area (Å²) in [6.07, 6.45) is 2.43. The number of aryl methyl sites for hydroxylation is 1. The van der Waals surface area contributed by atoms with Gasteiger partial charge in [0.25, 0.3) is 0 Å². The first-order valence-corrected chi connectivity index (χ1v) is 4.24. The van der Waals surface area contributed by atoms with Crippen LogP contribution in [-0.2, 0) is 6.42 Å². The molecule has 1 aromatic rings. The Hall–Kier alpha value is -0.183. The van der Waals surface area contributed by atoms with E-state index in [0.29, 0.717) is 0 Å². The van der Waals surface area contributed by atoms with E-state index in [1.807, 2.05) is 12.1 Å². The fourth-order valence-electron chi connectivity index (χ4n) is 1.03. The van der Waals surface area contributed by atoms with E-state index in [1.54, 1.807) is 0 Å². The third-order valence-corrected chi connectivity index (χ3v) is 1.76. The first-order valence-electron chi connectivity index (χ1n) is 4.24. The van der Waals surface area contributed by atoms with Crippen LogP contribution in [0.5, 0.6) is 0 Å². The van der Waals surface area contributed by atoms with Crippen molar-refractivity contribution < 1.29 is 18.9 Å². The summed E-state index contributed by atoms with van der Waals surface area (Å²) in [5.74, 6) is 0.795. The average molecular weight is 154 g/mol. The Balaban J connectivity index is 0.00000121. The molecule has 0 saturated carbocycles. The van der Waals surface area contributed by atoms with Crippen LogP contribution in [-0.4, -0.2) is 0 Å². The zero-order valence-electron chi connectivity index (χ0n) is 8.30. The molecule has 60 valence electrons. The van der Waals surface area contributed by atoms with Gasteiger partial charge < -0.3 is 0 Å². The molecule has 1 heteroatoms. The Morgan fingerprint density at radius 3 is 2.58 bits per heavy atom. The van der Waals surface area contributed by atoms with Gasteiger partial charge in [0.15, 0.2) is 0 Å². The van der Waals surface area contributed by atoms with Crippen LogP contribution in [0.15, 0.2) is 24.3 Å². The maximum Gasteiger partial charge on any atom is 1.00 e. The van der Waals surface area contributed by atoms with Crippen LogP contribution < -0.4 is 18.9 Å². The Bertz CT molecular complexity index is 191. The van der Waals surface area contributed by atoms with Gasteiger partial charge >= 0.3 is 18.9 Å². The fourth-order valence-corrected chi connectivity index (χ4v) is 1.03. The van der Waals surface area contributed by atoms with Crippen LogP contribution in [0.4, 0.5) is 0 Å². The molecule has 1 rings (SSSR count). The molecule has 0 heterocycles. The molecule has 0 fully saturated rings. The van der Waals surface area contributed by atoms with Gasteiger partial charge in [0.1, 0.15) is 0 Å². The van der Waals surface area contributed by atoms with Crippen LogP contribution in [0.25, 0.3) is 0 Å². The molecule has 0 radical (unpaired) electrons. The normalized spacial score (nSPS) is 9.58. The van der Waals surface area contributed by atoms with E-state index < -0.39 is 0 Å². The average Bonchev–Trinajstić information content (AvgIpc) is 2.03. The molecule has 0 saturated heterocycles. The van der Waals surface area contributed by atoms with Crippen molar-refractivity contribution in [1.82, 2.24) is 0 Å². The topological polar surface area (TPSA) is 0 Å². The largest absolute Gasteiger partial charge is 1.00 e. The quantitative estimate of drug-likeness (QED) is 0.427. The predicted octanol–water partition coefficient (Wildman–Crippen LogP) is 0.0794. The minimum atomic E-state index is 0. The van der Waals surface area contributed by atoms with Crippen LogP contribution in [0.1, 0.15) is 25.8 Å². The van der Waals surface area contributed by atoms with Crippen molar-refractivity contribution >= 4 is 0 Å². The molecule has 0 nitrogen and oxygen atoms in total. The molecule has 0 aliphatic carbocycles. The summed E-state index contributed by atoms with van der Waals surface area (Å²) >= 11 is 0. The molecule has 0 aliphatic rings. The predicted molar refractivity (Wildman–Crippen MR) is 48.4 cm³/mol. The van der Waals surface area contributed by atoms with E-state index >= 15 is 0 Å². The smallest absolute Gasteiger partial charge is 0.180 e. The monoisotopic (exact) mass is 154 g/mol.